The van der Waals surface area contributed by atoms with Gasteiger partial charge in [-0.15, -0.1) is 4.67 Å². The van der Waals surface area contributed by atoms with E-state index in [2.05, 4.69) is 20.7 Å². The topological polar surface area (TPSA) is 84.9 Å². The highest BCUT2D eigenvalue weighted by Gasteiger charge is 2.13. The van der Waals surface area contributed by atoms with Crippen LogP contribution in [0.4, 0.5) is 0 Å². The van der Waals surface area contributed by atoms with Gasteiger partial charge in [0, 0.05) is 5.57 Å². The zero-order valence-electron chi connectivity index (χ0n) is 7.31. The number of rotatable bonds is 5. The second-order valence-corrected chi connectivity index (χ2v) is 3.39. The van der Waals surface area contributed by atoms with Crippen molar-refractivity contribution < 1.29 is 28.3 Å². The third-order valence-corrected chi connectivity index (χ3v) is 1.67. The fourth-order valence-corrected chi connectivity index (χ4v) is 0.848. The van der Waals surface area contributed by atoms with Gasteiger partial charge in [-0.3, -0.25) is 9.45 Å². The lowest BCUT2D eigenvalue weighted by molar-refractivity contribution is -0.290. The van der Waals surface area contributed by atoms with Gasteiger partial charge < -0.3 is 9.42 Å². The van der Waals surface area contributed by atoms with Gasteiger partial charge in [0.1, 0.15) is 0 Å². The molecule has 0 heterocycles. The molecule has 0 radical (unpaired) electrons. The van der Waals surface area contributed by atoms with Crippen LogP contribution < -0.4 is 4.89 Å². The van der Waals surface area contributed by atoms with Gasteiger partial charge in [-0.05, 0) is 13.8 Å². The summed E-state index contributed by atoms with van der Waals surface area (Å²) >= 11 is 0. The Morgan fingerprint density at radius 1 is 1.62 bits per heavy atom. The molecule has 6 nitrogen and oxygen atoms in total. The van der Waals surface area contributed by atoms with E-state index in [0.29, 0.717) is 0 Å². The average Bonchev–Trinajstić information content (AvgIpc) is 2.00. The van der Waals surface area contributed by atoms with Crippen LogP contribution in [-0.2, 0) is 23.4 Å². The summed E-state index contributed by atoms with van der Waals surface area (Å²) in [7, 11) is -4.52. The van der Waals surface area contributed by atoms with Crippen LogP contribution in [-0.4, -0.2) is 12.6 Å². The summed E-state index contributed by atoms with van der Waals surface area (Å²) < 4.78 is 18.5. The summed E-state index contributed by atoms with van der Waals surface area (Å²) in [6.45, 7) is 5.92. The number of carbonyl (C=O) groups is 1. The van der Waals surface area contributed by atoms with Crippen molar-refractivity contribution in [2.45, 2.75) is 13.8 Å². The molecule has 0 N–H and O–H groups in total. The van der Waals surface area contributed by atoms with E-state index in [0.717, 1.165) is 0 Å². The molecular weight excluding hydrogens is 199 g/mol. The van der Waals surface area contributed by atoms with E-state index in [4.69, 9.17) is 0 Å². The number of phosphoric acid groups is 1. The number of phosphoric ester groups is 1. The number of carbonyl (C=O) groups excluding carboxylic acids is 1. The maximum atomic E-state index is 10.6. The molecule has 13 heavy (non-hydrogen) atoms. The van der Waals surface area contributed by atoms with Crippen molar-refractivity contribution in [1.82, 2.24) is 0 Å². The second kappa shape index (κ2) is 5.14. The predicted molar refractivity (Wildman–Crippen MR) is 41.2 cm³/mol. The van der Waals surface area contributed by atoms with Crippen LogP contribution in [0.2, 0.25) is 0 Å². The molecule has 0 amide bonds. The lowest BCUT2D eigenvalue weighted by Crippen LogP contribution is -2.12. The normalized spacial score (nSPS) is 14.7. The first kappa shape index (κ1) is 12.3. The van der Waals surface area contributed by atoms with Crippen molar-refractivity contribution in [2.24, 2.45) is 0 Å². The summed E-state index contributed by atoms with van der Waals surface area (Å²) in [5.74, 6) is -0.962. The van der Waals surface area contributed by atoms with Crippen molar-refractivity contribution in [3.63, 3.8) is 0 Å². The molecule has 0 aliphatic heterocycles. The fourth-order valence-electron chi connectivity index (χ4n) is 0.330. The lowest BCUT2D eigenvalue weighted by Gasteiger charge is -2.18. The molecular formula is C6H10O6P-. The van der Waals surface area contributed by atoms with E-state index in [9.17, 15) is 14.3 Å². The minimum atomic E-state index is -4.52. The van der Waals surface area contributed by atoms with Crippen molar-refractivity contribution in [2.75, 3.05) is 6.61 Å². The molecule has 0 aliphatic rings. The smallest absolute Gasteiger partial charge is 0.368 e. The summed E-state index contributed by atoms with van der Waals surface area (Å²) in [5.41, 5.74) is 0.0245. The maximum Gasteiger partial charge on any atom is 0.368 e. The summed E-state index contributed by atoms with van der Waals surface area (Å²) in [4.78, 5) is 25.1. The minimum absolute atomic E-state index is 0.0245. The van der Waals surface area contributed by atoms with E-state index in [1.165, 1.54) is 13.8 Å². The molecule has 7 heteroatoms. The van der Waals surface area contributed by atoms with Crippen molar-refractivity contribution in [3.8, 4) is 0 Å². The number of hydrogen-bond acceptors (Lipinski definition) is 6. The highest BCUT2D eigenvalue weighted by atomic mass is 31.2. The van der Waals surface area contributed by atoms with Crippen LogP contribution in [0.1, 0.15) is 13.8 Å². The molecule has 0 saturated carbocycles. The van der Waals surface area contributed by atoms with Gasteiger partial charge >= 0.3 is 13.8 Å². The van der Waals surface area contributed by atoms with Gasteiger partial charge in [0.2, 0.25) is 0 Å². The summed E-state index contributed by atoms with van der Waals surface area (Å²) in [6.07, 6.45) is 0. The van der Waals surface area contributed by atoms with Crippen LogP contribution in [0.3, 0.4) is 0 Å². The molecule has 0 aromatic rings. The molecule has 0 spiro atoms. The van der Waals surface area contributed by atoms with Crippen molar-refractivity contribution >= 4 is 13.8 Å². The molecule has 0 aromatic carbocycles. The van der Waals surface area contributed by atoms with Gasteiger partial charge in [0.25, 0.3) is 0 Å². The van der Waals surface area contributed by atoms with Crippen molar-refractivity contribution in [1.29, 1.82) is 0 Å². The Bertz CT molecular complexity index is 248. The Hall–Kier alpha value is -0.680. The zero-order valence-corrected chi connectivity index (χ0v) is 8.21. The Labute approximate surface area is 75.6 Å². The molecule has 0 rings (SSSR count). The second-order valence-electron chi connectivity index (χ2n) is 2.09. The molecule has 0 bridgehead atoms. The first-order valence-electron chi connectivity index (χ1n) is 3.40. The van der Waals surface area contributed by atoms with Gasteiger partial charge in [0.15, 0.2) is 0 Å². The van der Waals surface area contributed by atoms with Gasteiger partial charge in [-0.1, -0.05) is 6.58 Å². The molecule has 1 atom stereocenters. The Morgan fingerprint density at radius 3 is 2.54 bits per heavy atom. The minimum Gasteiger partial charge on any atom is -0.754 e. The largest absolute Gasteiger partial charge is 0.754 e. The van der Waals surface area contributed by atoms with Crippen LogP contribution in [0.25, 0.3) is 0 Å². The SMILES string of the molecule is C=C(C)C(=O)OOP(=O)([O-])OCC. The predicted octanol–water partition coefficient (Wildman–Crippen LogP) is 0.542. The number of hydrogen-bond donors (Lipinski definition) is 0. The fraction of sp³-hybridized carbons (Fsp3) is 0.500. The van der Waals surface area contributed by atoms with Gasteiger partial charge in [-0.25, -0.2) is 4.79 Å². The molecule has 0 aromatic heterocycles. The molecule has 0 saturated heterocycles. The first-order valence-corrected chi connectivity index (χ1v) is 4.87. The lowest BCUT2D eigenvalue weighted by atomic mass is 10.4. The first-order chi connectivity index (χ1) is 5.89. The quantitative estimate of drug-likeness (QED) is 0.284. The molecule has 1 unspecified atom stereocenters. The molecule has 76 valence electrons. The van der Waals surface area contributed by atoms with E-state index in [1.54, 1.807) is 0 Å². The van der Waals surface area contributed by atoms with E-state index >= 15 is 0 Å². The third kappa shape index (κ3) is 5.54. The Morgan fingerprint density at radius 2 is 2.15 bits per heavy atom. The highest BCUT2D eigenvalue weighted by molar-refractivity contribution is 7.45. The monoisotopic (exact) mass is 209 g/mol. The summed E-state index contributed by atoms with van der Waals surface area (Å²) in [5, 5.41) is 0. The van der Waals surface area contributed by atoms with Crippen LogP contribution in [0, 0.1) is 0 Å². The third-order valence-electron chi connectivity index (χ3n) is 0.840. The van der Waals surface area contributed by atoms with Crippen LogP contribution >= 0.6 is 7.82 Å². The highest BCUT2D eigenvalue weighted by Crippen LogP contribution is 2.38. The Balaban J connectivity index is 3.95. The summed E-state index contributed by atoms with van der Waals surface area (Å²) in [6, 6.07) is 0. The average molecular weight is 209 g/mol. The van der Waals surface area contributed by atoms with E-state index in [1.807, 2.05) is 0 Å². The Kier molecular flexibility index (Phi) is 4.87. The van der Waals surface area contributed by atoms with Crippen LogP contribution in [0.5, 0.6) is 0 Å². The molecule has 0 aliphatic carbocycles. The zero-order chi connectivity index (χ0) is 10.5. The van der Waals surface area contributed by atoms with Crippen LogP contribution in [0.15, 0.2) is 12.2 Å². The standard InChI is InChI=1S/C6H11O6P/c1-4-10-13(8,9)12-11-6(7)5(2)3/h2,4H2,1,3H3,(H,8,9)/p-1. The van der Waals surface area contributed by atoms with Gasteiger partial charge in [0.05, 0.1) is 6.61 Å². The van der Waals surface area contributed by atoms with E-state index in [-0.39, 0.29) is 12.2 Å². The van der Waals surface area contributed by atoms with Crippen molar-refractivity contribution in [3.05, 3.63) is 12.2 Å². The van der Waals surface area contributed by atoms with E-state index < -0.39 is 13.8 Å². The molecule has 0 fully saturated rings. The maximum absolute atomic E-state index is 10.6. The van der Waals surface area contributed by atoms with Gasteiger partial charge in [-0.2, -0.15) is 0 Å².